The van der Waals surface area contributed by atoms with Crippen LogP contribution in [0.4, 0.5) is 0 Å². The van der Waals surface area contributed by atoms with Gasteiger partial charge in [0.1, 0.15) is 0 Å². The molecule has 0 amide bonds. The molecule has 0 bridgehead atoms. The number of fused-ring (bicyclic) bond motifs is 6. The van der Waals surface area contributed by atoms with Gasteiger partial charge in [-0.05, 0) is 60.3 Å². The molecule has 0 atom stereocenters. The van der Waals surface area contributed by atoms with E-state index in [1.807, 2.05) is 85.2 Å². The summed E-state index contributed by atoms with van der Waals surface area (Å²) in [5.41, 5.74) is 9.06. The van der Waals surface area contributed by atoms with Crippen LogP contribution in [0.15, 0.2) is 195 Å². The number of nitrogens with zero attached hydrogens (tertiary/aromatic N) is 4. The van der Waals surface area contributed by atoms with Crippen LogP contribution in [0.2, 0.25) is 0 Å². The molecule has 0 saturated heterocycles. The number of hydrogen-bond donors (Lipinski definition) is 0. The van der Waals surface area contributed by atoms with E-state index in [1.54, 1.807) is 6.20 Å². The fourth-order valence-electron chi connectivity index (χ4n) is 6.45. The van der Waals surface area contributed by atoms with Crippen molar-refractivity contribution in [1.82, 2.24) is 19.1 Å². The molecule has 4 nitrogen and oxygen atoms in total. The first-order valence-corrected chi connectivity index (χ1v) is 16.6. The van der Waals surface area contributed by atoms with Crippen LogP contribution in [0.25, 0.3) is 66.2 Å². The van der Waals surface area contributed by atoms with Crippen molar-refractivity contribution in [3.63, 3.8) is 0 Å². The molecular formula is C46H32IrN4-2. The van der Waals surface area contributed by atoms with Gasteiger partial charge in [0.2, 0.25) is 0 Å². The van der Waals surface area contributed by atoms with Gasteiger partial charge in [-0.3, -0.25) is 4.98 Å². The molecule has 1 radical (unpaired) electrons. The van der Waals surface area contributed by atoms with Crippen LogP contribution in [0, 0.1) is 12.1 Å². The molecule has 10 aromatic rings. The van der Waals surface area contributed by atoms with E-state index in [1.165, 1.54) is 43.8 Å². The summed E-state index contributed by atoms with van der Waals surface area (Å²) in [6, 6.07) is 66.0. The van der Waals surface area contributed by atoms with Gasteiger partial charge in [0.15, 0.2) is 0 Å². The summed E-state index contributed by atoms with van der Waals surface area (Å²) in [7, 11) is 0. The minimum absolute atomic E-state index is 0. The average Bonchev–Trinajstić information content (AvgIpc) is 3.71. The summed E-state index contributed by atoms with van der Waals surface area (Å²) >= 11 is 0. The van der Waals surface area contributed by atoms with Crippen molar-refractivity contribution in [3.8, 4) is 22.6 Å². The molecule has 4 aromatic heterocycles. The van der Waals surface area contributed by atoms with Gasteiger partial charge in [-0.25, -0.2) is 0 Å². The summed E-state index contributed by atoms with van der Waals surface area (Å²) in [4.78, 5) is 8.66. The van der Waals surface area contributed by atoms with E-state index in [0.29, 0.717) is 0 Å². The van der Waals surface area contributed by atoms with Gasteiger partial charge in [-0.2, -0.15) is 36.4 Å². The Hall–Kier alpha value is -6.13. The molecule has 0 unspecified atom stereocenters. The van der Waals surface area contributed by atoms with E-state index in [4.69, 9.17) is 0 Å². The largest absolute Gasteiger partial charge is 0.309 e. The van der Waals surface area contributed by atoms with Gasteiger partial charge in [0, 0.05) is 65.4 Å². The third kappa shape index (κ3) is 6.86. The Labute approximate surface area is 310 Å². The van der Waals surface area contributed by atoms with Gasteiger partial charge >= 0.3 is 0 Å². The SMILES string of the molecule is [Ir].[c-]1ccccc1.[c-]1ccccc1-c1ccccn1.c1ccc(-n2c3ccccc3c3cc4c5ccncc5n(-c5ccccc5)c4cc32)cc1. The van der Waals surface area contributed by atoms with E-state index in [9.17, 15) is 0 Å². The molecule has 0 spiro atoms. The van der Waals surface area contributed by atoms with Gasteiger partial charge in [0.05, 0.1) is 28.3 Å². The predicted octanol–water partition coefficient (Wildman–Crippen LogP) is 11.3. The average molecular weight is 833 g/mol. The molecule has 0 aliphatic rings. The zero-order valence-electron chi connectivity index (χ0n) is 27.6. The fourth-order valence-corrected chi connectivity index (χ4v) is 6.45. The van der Waals surface area contributed by atoms with Gasteiger partial charge in [0.25, 0.3) is 0 Å². The number of rotatable bonds is 3. The van der Waals surface area contributed by atoms with Crippen LogP contribution < -0.4 is 0 Å². The Bertz CT molecular complexity index is 2430. The third-order valence-electron chi connectivity index (χ3n) is 8.65. The van der Waals surface area contributed by atoms with E-state index in [0.717, 1.165) is 22.5 Å². The van der Waals surface area contributed by atoms with Crippen molar-refractivity contribution in [3.05, 3.63) is 207 Å². The first-order valence-electron chi connectivity index (χ1n) is 16.6. The van der Waals surface area contributed by atoms with Gasteiger partial charge in [-0.1, -0.05) is 66.7 Å². The maximum absolute atomic E-state index is 4.44. The normalized spacial score (nSPS) is 10.6. The van der Waals surface area contributed by atoms with E-state index in [2.05, 4.69) is 134 Å². The zero-order valence-corrected chi connectivity index (χ0v) is 30.0. The van der Waals surface area contributed by atoms with Crippen LogP contribution >= 0.6 is 0 Å². The Morgan fingerprint density at radius 1 is 0.431 bits per heavy atom. The smallest absolute Gasteiger partial charge is 0.0724 e. The minimum Gasteiger partial charge on any atom is -0.309 e. The second-order valence-corrected chi connectivity index (χ2v) is 11.7. The zero-order chi connectivity index (χ0) is 33.5. The number of hydrogen-bond acceptors (Lipinski definition) is 2. The maximum Gasteiger partial charge on any atom is 0.0724 e. The Morgan fingerprint density at radius 2 is 1.02 bits per heavy atom. The van der Waals surface area contributed by atoms with Crippen molar-refractivity contribution < 1.29 is 20.1 Å². The molecular weight excluding hydrogens is 801 g/mol. The molecule has 247 valence electrons. The second kappa shape index (κ2) is 15.6. The molecule has 4 heterocycles. The first kappa shape index (κ1) is 33.4. The van der Waals surface area contributed by atoms with Crippen LogP contribution in [-0.2, 0) is 20.1 Å². The van der Waals surface area contributed by atoms with E-state index in [-0.39, 0.29) is 20.1 Å². The Balaban J connectivity index is 0.000000176. The standard InChI is InChI=1S/C29H19N3.C11H8N.C6H5.Ir/c1-3-9-20(10-4-1)31-26-14-8-7-13-22(26)24-17-25-23-15-16-30-19-29(23)32(28(25)18-27(24)31)21-11-5-2-6-12-21;1-2-6-10(7-3-1)11-8-4-5-9-12-11;1-2-4-6-5-3-1;/h1-19H;1-6,8-9H;1-5H;/q;2*-1;. The van der Waals surface area contributed by atoms with Crippen molar-refractivity contribution in [1.29, 1.82) is 0 Å². The molecule has 0 N–H and O–H groups in total. The van der Waals surface area contributed by atoms with Crippen molar-refractivity contribution in [2.24, 2.45) is 0 Å². The number of pyridine rings is 2. The molecule has 5 heteroatoms. The molecule has 6 aromatic carbocycles. The number of aromatic nitrogens is 4. The van der Waals surface area contributed by atoms with Gasteiger partial charge < -0.3 is 14.1 Å². The molecule has 0 fully saturated rings. The predicted molar refractivity (Wildman–Crippen MR) is 207 cm³/mol. The fraction of sp³-hybridized carbons (Fsp3) is 0. The quantitative estimate of drug-likeness (QED) is 0.166. The summed E-state index contributed by atoms with van der Waals surface area (Å²) in [5, 5.41) is 5.00. The van der Waals surface area contributed by atoms with Crippen LogP contribution in [0.5, 0.6) is 0 Å². The third-order valence-corrected chi connectivity index (χ3v) is 8.65. The summed E-state index contributed by atoms with van der Waals surface area (Å²) in [5.74, 6) is 0. The molecule has 10 rings (SSSR count). The van der Waals surface area contributed by atoms with Crippen LogP contribution in [0.3, 0.4) is 0 Å². The summed E-state index contributed by atoms with van der Waals surface area (Å²) in [6.07, 6.45) is 5.64. The van der Waals surface area contributed by atoms with Crippen molar-refractivity contribution in [2.45, 2.75) is 0 Å². The minimum atomic E-state index is 0. The molecule has 0 aliphatic heterocycles. The van der Waals surface area contributed by atoms with Crippen molar-refractivity contribution >= 4 is 43.6 Å². The first-order chi connectivity index (χ1) is 24.9. The Kier molecular flexibility index (Phi) is 10.2. The molecule has 0 saturated carbocycles. The maximum atomic E-state index is 4.44. The van der Waals surface area contributed by atoms with Gasteiger partial charge in [-0.15, -0.1) is 35.9 Å². The number of para-hydroxylation sites is 3. The molecule has 51 heavy (non-hydrogen) atoms. The van der Waals surface area contributed by atoms with E-state index < -0.39 is 0 Å². The summed E-state index contributed by atoms with van der Waals surface area (Å²) in [6.45, 7) is 0. The van der Waals surface area contributed by atoms with Crippen molar-refractivity contribution in [2.75, 3.05) is 0 Å². The second-order valence-electron chi connectivity index (χ2n) is 11.7. The van der Waals surface area contributed by atoms with Crippen LogP contribution in [0.1, 0.15) is 0 Å². The monoisotopic (exact) mass is 833 g/mol. The summed E-state index contributed by atoms with van der Waals surface area (Å²) < 4.78 is 4.69. The molecule has 0 aliphatic carbocycles. The topological polar surface area (TPSA) is 35.6 Å². The number of benzene rings is 6. The van der Waals surface area contributed by atoms with E-state index >= 15 is 0 Å². The Morgan fingerprint density at radius 3 is 1.63 bits per heavy atom. The van der Waals surface area contributed by atoms with Crippen LogP contribution in [-0.4, -0.2) is 19.1 Å².